The van der Waals surface area contributed by atoms with Gasteiger partial charge in [-0.05, 0) is 42.7 Å². The lowest BCUT2D eigenvalue weighted by Crippen LogP contribution is -2.44. The Morgan fingerprint density at radius 3 is 2.69 bits per heavy atom. The Balaban J connectivity index is 1.57. The summed E-state index contributed by atoms with van der Waals surface area (Å²) in [5.41, 5.74) is 3.54. The van der Waals surface area contributed by atoms with Crippen molar-refractivity contribution in [3.05, 3.63) is 70.0 Å². The molecule has 9 heteroatoms. The highest BCUT2D eigenvalue weighted by Crippen LogP contribution is 2.20. The SMILES string of the molecule is C[C@@H]1CN(Cc2cnc3c(c2)c2ncnn2c(=O)n3Cc2cccc(C=N)c2)C[C@H](C)O1. The first-order valence-electron chi connectivity index (χ1n) is 10.7. The minimum Gasteiger partial charge on any atom is -0.373 e. The first-order chi connectivity index (χ1) is 15.5. The molecule has 1 aliphatic heterocycles. The third-order valence-corrected chi connectivity index (χ3v) is 5.74. The van der Waals surface area contributed by atoms with E-state index in [0.717, 1.165) is 41.7 Å². The van der Waals surface area contributed by atoms with Gasteiger partial charge in [-0.3, -0.25) is 9.47 Å². The van der Waals surface area contributed by atoms with Gasteiger partial charge in [0.1, 0.15) is 12.0 Å². The summed E-state index contributed by atoms with van der Waals surface area (Å²) >= 11 is 0. The van der Waals surface area contributed by atoms with E-state index in [9.17, 15) is 4.79 Å². The second-order valence-corrected chi connectivity index (χ2v) is 8.42. The molecule has 3 aromatic heterocycles. The van der Waals surface area contributed by atoms with Crippen LogP contribution < -0.4 is 5.69 Å². The zero-order chi connectivity index (χ0) is 22.2. The van der Waals surface area contributed by atoms with Gasteiger partial charge in [-0.1, -0.05) is 18.2 Å². The lowest BCUT2D eigenvalue weighted by molar-refractivity contribution is -0.0705. The summed E-state index contributed by atoms with van der Waals surface area (Å²) in [4.78, 5) is 24.5. The number of morpholine rings is 1. The Morgan fingerprint density at radius 1 is 1.09 bits per heavy atom. The quantitative estimate of drug-likeness (QED) is 0.486. The number of benzene rings is 1. The zero-order valence-corrected chi connectivity index (χ0v) is 18.1. The van der Waals surface area contributed by atoms with Crippen molar-refractivity contribution in [1.29, 1.82) is 5.41 Å². The molecule has 1 saturated heterocycles. The molecule has 0 radical (unpaired) electrons. The van der Waals surface area contributed by atoms with Gasteiger partial charge in [-0.15, -0.1) is 0 Å². The van der Waals surface area contributed by atoms with Gasteiger partial charge in [0.05, 0.1) is 24.1 Å². The zero-order valence-electron chi connectivity index (χ0n) is 18.1. The fourth-order valence-electron chi connectivity index (χ4n) is 4.52. The maximum atomic E-state index is 13.2. The summed E-state index contributed by atoms with van der Waals surface area (Å²) in [6.45, 7) is 7.00. The Morgan fingerprint density at radius 2 is 1.91 bits per heavy atom. The molecular weight excluding hydrogens is 406 g/mol. The molecule has 0 bridgehead atoms. The first kappa shape index (κ1) is 20.5. The molecule has 4 heterocycles. The Kier molecular flexibility index (Phi) is 5.28. The minimum absolute atomic E-state index is 0.192. The number of rotatable bonds is 5. The van der Waals surface area contributed by atoms with Gasteiger partial charge >= 0.3 is 5.69 Å². The van der Waals surface area contributed by atoms with Crippen molar-refractivity contribution in [2.24, 2.45) is 0 Å². The highest BCUT2D eigenvalue weighted by atomic mass is 16.5. The van der Waals surface area contributed by atoms with Crippen molar-refractivity contribution in [2.75, 3.05) is 13.1 Å². The number of nitrogens with zero attached hydrogens (tertiary/aromatic N) is 6. The molecule has 1 aliphatic rings. The van der Waals surface area contributed by atoms with Crippen LogP contribution in [0.1, 0.15) is 30.5 Å². The summed E-state index contributed by atoms with van der Waals surface area (Å²) < 4.78 is 8.78. The fourth-order valence-corrected chi connectivity index (χ4v) is 4.52. The maximum absolute atomic E-state index is 13.2. The highest BCUT2D eigenvalue weighted by Gasteiger charge is 2.23. The van der Waals surface area contributed by atoms with Gasteiger partial charge in [0.15, 0.2) is 5.65 Å². The molecule has 0 amide bonds. The minimum atomic E-state index is -0.290. The number of aromatic nitrogens is 5. The Bertz CT molecular complexity index is 1350. The average molecular weight is 432 g/mol. The number of ether oxygens (including phenoxy) is 1. The van der Waals surface area contributed by atoms with E-state index in [1.54, 1.807) is 4.57 Å². The van der Waals surface area contributed by atoms with Crippen molar-refractivity contribution < 1.29 is 4.74 Å². The second-order valence-electron chi connectivity index (χ2n) is 8.42. The summed E-state index contributed by atoms with van der Waals surface area (Å²) in [6.07, 6.45) is 4.91. The number of hydrogen-bond donors (Lipinski definition) is 1. The predicted molar refractivity (Wildman–Crippen MR) is 121 cm³/mol. The van der Waals surface area contributed by atoms with Crippen LogP contribution in [0.4, 0.5) is 0 Å². The largest absolute Gasteiger partial charge is 0.373 e. The van der Waals surface area contributed by atoms with Gasteiger partial charge in [0, 0.05) is 32.0 Å². The van der Waals surface area contributed by atoms with Crippen LogP contribution in [-0.2, 0) is 17.8 Å². The van der Waals surface area contributed by atoms with Crippen LogP contribution >= 0.6 is 0 Å². The highest BCUT2D eigenvalue weighted by molar-refractivity contribution is 5.89. The molecule has 1 aromatic carbocycles. The average Bonchev–Trinajstić information content (AvgIpc) is 3.27. The molecule has 0 saturated carbocycles. The second kappa shape index (κ2) is 8.25. The van der Waals surface area contributed by atoms with E-state index in [-0.39, 0.29) is 17.9 Å². The molecule has 1 fully saturated rings. The van der Waals surface area contributed by atoms with E-state index in [2.05, 4.69) is 34.9 Å². The van der Waals surface area contributed by atoms with E-state index in [1.165, 1.54) is 17.1 Å². The van der Waals surface area contributed by atoms with Crippen LogP contribution in [0.5, 0.6) is 0 Å². The number of nitrogens with one attached hydrogen (secondary N) is 1. The molecule has 2 atom stereocenters. The van der Waals surface area contributed by atoms with Crippen LogP contribution in [0.25, 0.3) is 16.7 Å². The van der Waals surface area contributed by atoms with Gasteiger partial charge in [-0.2, -0.15) is 9.61 Å². The van der Waals surface area contributed by atoms with Crippen LogP contribution in [0.15, 0.2) is 47.7 Å². The molecule has 1 N–H and O–H groups in total. The lowest BCUT2D eigenvalue weighted by atomic mass is 10.1. The first-order valence-corrected chi connectivity index (χ1v) is 10.7. The van der Waals surface area contributed by atoms with E-state index in [1.807, 2.05) is 30.5 Å². The van der Waals surface area contributed by atoms with Gasteiger partial charge in [-0.25, -0.2) is 14.8 Å². The number of hydrogen-bond acceptors (Lipinski definition) is 7. The van der Waals surface area contributed by atoms with Crippen molar-refractivity contribution >= 4 is 22.9 Å². The Labute approximate surface area is 184 Å². The summed E-state index contributed by atoms with van der Waals surface area (Å²) in [7, 11) is 0. The molecule has 0 unspecified atom stereocenters. The smallest absolute Gasteiger partial charge is 0.352 e. The third kappa shape index (κ3) is 3.80. The fraction of sp³-hybridized carbons (Fsp3) is 0.348. The van der Waals surface area contributed by atoms with E-state index >= 15 is 0 Å². The van der Waals surface area contributed by atoms with Crippen molar-refractivity contribution in [2.45, 2.75) is 39.1 Å². The molecule has 5 rings (SSSR count). The summed E-state index contributed by atoms with van der Waals surface area (Å²) in [5, 5.41) is 12.4. The predicted octanol–water partition coefficient (Wildman–Crippen LogP) is 2.09. The topological polar surface area (TPSA) is 101 Å². The van der Waals surface area contributed by atoms with Crippen LogP contribution in [0.2, 0.25) is 0 Å². The van der Waals surface area contributed by atoms with Gasteiger partial charge in [0.25, 0.3) is 0 Å². The van der Waals surface area contributed by atoms with E-state index in [4.69, 9.17) is 15.1 Å². The van der Waals surface area contributed by atoms with Crippen molar-refractivity contribution in [1.82, 2.24) is 29.0 Å². The standard InChI is InChI=1S/C23H25N7O2/c1-15-10-28(11-16(2)32-15)12-19-7-20-21(25-9-19)29(23(31)30-22(20)26-14-27-30)13-18-5-3-4-17(6-18)8-24/h3-9,14-16,24H,10-13H2,1-2H3/t15-,16+. The van der Waals surface area contributed by atoms with Crippen LogP contribution in [0, 0.1) is 5.41 Å². The molecule has 0 aliphatic carbocycles. The summed E-state index contributed by atoms with van der Waals surface area (Å²) in [5.74, 6) is 0. The lowest BCUT2D eigenvalue weighted by Gasteiger charge is -2.35. The van der Waals surface area contributed by atoms with E-state index < -0.39 is 0 Å². The molecule has 4 aromatic rings. The molecule has 164 valence electrons. The van der Waals surface area contributed by atoms with Crippen LogP contribution in [-0.4, -0.2) is 60.6 Å². The van der Waals surface area contributed by atoms with Crippen molar-refractivity contribution in [3.8, 4) is 0 Å². The molecular formula is C23H25N7O2. The Hall–Kier alpha value is -3.43. The molecule has 32 heavy (non-hydrogen) atoms. The normalized spacial score (nSPS) is 19.6. The number of fused-ring (bicyclic) bond motifs is 3. The third-order valence-electron chi connectivity index (χ3n) is 5.74. The molecule has 0 spiro atoms. The summed E-state index contributed by atoms with van der Waals surface area (Å²) in [6, 6.07) is 9.63. The monoisotopic (exact) mass is 431 g/mol. The van der Waals surface area contributed by atoms with Gasteiger partial charge in [0.2, 0.25) is 0 Å². The van der Waals surface area contributed by atoms with E-state index in [0.29, 0.717) is 17.8 Å². The van der Waals surface area contributed by atoms with Crippen molar-refractivity contribution in [3.63, 3.8) is 0 Å². The maximum Gasteiger partial charge on any atom is 0.352 e. The van der Waals surface area contributed by atoms with Crippen LogP contribution in [0.3, 0.4) is 0 Å². The molecule has 9 nitrogen and oxygen atoms in total. The number of pyridine rings is 1. The van der Waals surface area contributed by atoms with Gasteiger partial charge < -0.3 is 10.1 Å².